The summed E-state index contributed by atoms with van der Waals surface area (Å²) < 4.78 is 6.42. The van der Waals surface area contributed by atoms with Crippen LogP contribution in [0.2, 0.25) is 0 Å². The van der Waals surface area contributed by atoms with Gasteiger partial charge in [0.05, 0.1) is 18.2 Å². The van der Waals surface area contributed by atoms with Gasteiger partial charge < -0.3 is 15.0 Å². The number of nitrogens with one attached hydrogen (secondary N) is 1. The predicted octanol–water partition coefficient (Wildman–Crippen LogP) is 2.96. The van der Waals surface area contributed by atoms with Crippen LogP contribution in [0.5, 0.6) is 0 Å². The van der Waals surface area contributed by atoms with Crippen molar-refractivity contribution in [3.05, 3.63) is 35.4 Å². The first-order valence-electron chi connectivity index (χ1n) is 10.8. The molecule has 2 amide bonds. The van der Waals surface area contributed by atoms with E-state index in [-0.39, 0.29) is 23.5 Å². The normalized spacial score (nSPS) is 33.4. The molecule has 3 heterocycles. The van der Waals surface area contributed by atoms with Crippen LogP contribution in [-0.4, -0.2) is 48.1 Å². The summed E-state index contributed by atoms with van der Waals surface area (Å²) in [5, 5.41) is 3.16. The summed E-state index contributed by atoms with van der Waals surface area (Å²) in [6.45, 7) is 6.46. The Morgan fingerprint density at radius 3 is 2.86 bits per heavy atom. The zero-order valence-electron chi connectivity index (χ0n) is 16.8. The molecule has 1 aromatic carbocycles. The van der Waals surface area contributed by atoms with Gasteiger partial charge in [-0.2, -0.15) is 0 Å². The average molecular weight is 383 g/mol. The third kappa shape index (κ3) is 2.95. The number of fused-ring (bicyclic) bond motifs is 1. The molecule has 1 spiro atoms. The number of amides is 2. The van der Waals surface area contributed by atoms with E-state index in [1.165, 1.54) is 5.56 Å². The predicted molar refractivity (Wildman–Crippen MR) is 106 cm³/mol. The average Bonchev–Trinajstić information content (AvgIpc) is 3.27. The third-order valence-electron chi connectivity index (χ3n) is 7.34. The summed E-state index contributed by atoms with van der Waals surface area (Å²) in [5.41, 5.74) is 1.75. The highest BCUT2D eigenvalue weighted by molar-refractivity contribution is 5.94. The van der Waals surface area contributed by atoms with Gasteiger partial charge in [0.25, 0.3) is 5.91 Å². The molecule has 1 aromatic rings. The minimum absolute atomic E-state index is 0.0109. The smallest absolute Gasteiger partial charge is 0.251 e. The molecule has 4 atom stereocenters. The summed E-state index contributed by atoms with van der Waals surface area (Å²) in [6, 6.07) is 7.90. The summed E-state index contributed by atoms with van der Waals surface area (Å²) in [6.07, 6.45) is 4.42. The van der Waals surface area contributed by atoms with Crippen molar-refractivity contribution in [1.29, 1.82) is 0 Å². The fraction of sp³-hybridized carbons (Fsp3) is 0.652. The van der Waals surface area contributed by atoms with Gasteiger partial charge in [-0.3, -0.25) is 9.59 Å². The van der Waals surface area contributed by atoms with E-state index in [0.717, 1.165) is 44.3 Å². The van der Waals surface area contributed by atoms with Crippen LogP contribution in [0.15, 0.2) is 24.3 Å². The van der Waals surface area contributed by atoms with Crippen molar-refractivity contribution in [2.75, 3.05) is 19.6 Å². The van der Waals surface area contributed by atoms with E-state index in [1.54, 1.807) is 0 Å². The minimum atomic E-state index is -0.151. The number of likely N-dealkylation sites (tertiary alicyclic amines) is 1. The molecule has 5 nitrogen and oxygen atoms in total. The molecule has 5 heteroatoms. The van der Waals surface area contributed by atoms with Crippen LogP contribution in [0.4, 0.5) is 0 Å². The zero-order chi connectivity index (χ0) is 19.5. The molecular formula is C23H30N2O3. The highest BCUT2D eigenvalue weighted by Gasteiger charge is 2.63. The molecular weight excluding hydrogens is 352 g/mol. The van der Waals surface area contributed by atoms with Gasteiger partial charge in [-0.05, 0) is 49.3 Å². The highest BCUT2D eigenvalue weighted by Crippen LogP contribution is 2.55. The molecule has 0 aromatic heterocycles. The lowest BCUT2D eigenvalue weighted by atomic mass is 9.73. The van der Waals surface area contributed by atoms with E-state index in [9.17, 15) is 9.59 Å². The minimum Gasteiger partial charge on any atom is -0.369 e. The fourth-order valence-electron chi connectivity index (χ4n) is 5.57. The molecule has 2 bridgehead atoms. The fourth-order valence-corrected chi connectivity index (χ4v) is 5.57. The molecule has 3 aliphatic heterocycles. The quantitative estimate of drug-likeness (QED) is 0.852. The lowest BCUT2D eigenvalue weighted by Crippen LogP contribution is -2.41. The van der Waals surface area contributed by atoms with Crippen LogP contribution in [-0.2, 0) is 9.53 Å². The van der Waals surface area contributed by atoms with Crippen molar-refractivity contribution >= 4 is 11.8 Å². The second-order valence-electron chi connectivity index (χ2n) is 9.51. The van der Waals surface area contributed by atoms with Gasteiger partial charge in [-0.15, -0.1) is 0 Å². The lowest BCUT2D eigenvalue weighted by molar-refractivity contribution is -0.133. The first-order valence-corrected chi connectivity index (χ1v) is 10.8. The van der Waals surface area contributed by atoms with Gasteiger partial charge in [0.15, 0.2) is 0 Å². The number of hydrogen-bond acceptors (Lipinski definition) is 3. The van der Waals surface area contributed by atoms with Crippen molar-refractivity contribution in [3.63, 3.8) is 0 Å². The number of rotatable bonds is 5. The van der Waals surface area contributed by atoms with Gasteiger partial charge in [0, 0.05) is 36.4 Å². The van der Waals surface area contributed by atoms with Crippen LogP contribution in [0, 0.1) is 17.8 Å². The van der Waals surface area contributed by atoms with E-state index in [0.29, 0.717) is 30.2 Å². The van der Waals surface area contributed by atoms with Gasteiger partial charge in [-0.25, -0.2) is 0 Å². The Bertz CT molecular complexity index is 803. The first kappa shape index (κ1) is 18.2. The van der Waals surface area contributed by atoms with Crippen LogP contribution >= 0.6 is 0 Å². The van der Waals surface area contributed by atoms with E-state index in [1.807, 2.05) is 23.1 Å². The van der Waals surface area contributed by atoms with E-state index >= 15 is 0 Å². The lowest BCUT2D eigenvalue weighted by Gasteiger charge is -2.29. The van der Waals surface area contributed by atoms with Crippen molar-refractivity contribution in [1.82, 2.24) is 10.2 Å². The van der Waals surface area contributed by atoms with Crippen molar-refractivity contribution in [2.24, 2.45) is 17.8 Å². The highest BCUT2D eigenvalue weighted by atomic mass is 16.5. The van der Waals surface area contributed by atoms with E-state index in [4.69, 9.17) is 4.74 Å². The van der Waals surface area contributed by atoms with Crippen LogP contribution in [0.3, 0.4) is 0 Å². The number of carbonyl (C=O) groups excluding carboxylic acids is 2. The maximum absolute atomic E-state index is 12.7. The molecule has 4 fully saturated rings. The number of ether oxygens (including phenoxy) is 1. The van der Waals surface area contributed by atoms with Crippen LogP contribution in [0.25, 0.3) is 0 Å². The molecule has 0 unspecified atom stereocenters. The van der Waals surface area contributed by atoms with Crippen molar-refractivity contribution in [2.45, 2.75) is 57.2 Å². The molecule has 28 heavy (non-hydrogen) atoms. The van der Waals surface area contributed by atoms with Gasteiger partial charge in [0.2, 0.25) is 5.91 Å². The summed E-state index contributed by atoms with van der Waals surface area (Å²) in [5.74, 6) is 1.64. The summed E-state index contributed by atoms with van der Waals surface area (Å²) in [7, 11) is 0. The Hall–Kier alpha value is -1.88. The largest absolute Gasteiger partial charge is 0.369 e. The first-order chi connectivity index (χ1) is 13.5. The molecule has 150 valence electrons. The topological polar surface area (TPSA) is 58.6 Å². The molecule has 5 rings (SSSR count). The summed E-state index contributed by atoms with van der Waals surface area (Å²) in [4.78, 5) is 27.3. The Morgan fingerprint density at radius 1 is 1.29 bits per heavy atom. The monoisotopic (exact) mass is 382 g/mol. The number of hydrogen-bond donors (Lipinski definition) is 1. The number of benzene rings is 1. The SMILES string of the molecule is CC(C)c1cccc(C(=O)NC[C@H]2[C@H]3CN(C(=O)C4CC4)C[C@]34CC[C@H]2O4)c1. The van der Waals surface area contributed by atoms with Gasteiger partial charge in [0.1, 0.15) is 0 Å². The van der Waals surface area contributed by atoms with E-state index < -0.39 is 0 Å². The molecule has 1 N–H and O–H groups in total. The molecule has 0 radical (unpaired) electrons. The Morgan fingerprint density at radius 2 is 2.11 bits per heavy atom. The number of carbonyl (C=O) groups is 2. The van der Waals surface area contributed by atoms with Gasteiger partial charge >= 0.3 is 0 Å². The second-order valence-corrected chi connectivity index (χ2v) is 9.51. The third-order valence-corrected chi connectivity index (χ3v) is 7.34. The maximum Gasteiger partial charge on any atom is 0.251 e. The van der Waals surface area contributed by atoms with Crippen molar-refractivity contribution < 1.29 is 14.3 Å². The number of nitrogens with zero attached hydrogens (tertiary/aromatic N) is 1. The summed E-state index contributed by atoms with van der Waals surface area (Å²) >= 11 is 0. The van der Waals surface area contributed by atoms with E-state index in [2.05, 4.69) is 25.2 Å². The van der Waals surface area contributed by atoms with Gasteiger partial charge in [-0.1, -0.05) is 26.0 Å². The Labute approximate surface area is 166 Å². The Kier molecular flexibility index (Phi) is 4.27. The second kappa shape index (κ2) is 6.58. The van der Waals surface area contributed by atoms with Crippen LogP contribution < -0.4 is 5.32 Å². The molecule has 1 saturated carbocycles. The maximum atomic E-state index is 12.7. The molecule has 1 aliphatic carbocycles. The Balaban J connectivity index is 1.25. The van der Waals surface area contributed by atoms with Crippen LogP contribution in [0.1, 0.15) is 61.4 Å². The molecule has 3 saturated heterocycles. The molecule has 4 aliphatic rings. The zero-order valence-corrected chi connectivity index (χ0v) is 16.8. The standard InChI is InChI=1S/C23H30N2O3/c1-14(2)16-4-3-5-17(10-16)21(26)24-11-18-19-12-25(22(27)15-6-7-15)13-23(19)9-8-20(18)28-23/h3-5,10,14-15,18-20H,6-9,11-13H2,1-2H3,(H,24,26)/t18-,19+,20+,23+/m0/s1. The van der Waals surface area contributed by atoms with Crippen molar-refractivity contribution in [3.8, 4) is 0 Å².